The summed E-state index contributed by atoms with van der Waals surface area (Å²) in [6, 6.07) is 11.3. The van der Waals surface area contributed by atoms with Crippen LogP contribution in [0.2, 0.25) is 0 Å². The van der Waals surface area contributed by atoms with Gasteiger partial charge in [0.15, 0.2) is 0 Å². The number of nitrogens with two attached hydrogens (primary N) is 1. The van der Waals surface area contributed by atoms with Crippen LogP contribution in [0.1, 0.15) is 17.0 Å². The maximum Gasteiger partial charge on any atom is 0.121 e. The number of ether oxygens (including phenoxy) is 1. The number of hydrogen-bond acceptors (Lipinski definition) is 5. The molecule has 0 aliphatic carbocycles. The fraction of sp³-hybridized carbons (Fsp3) is 0.250. The van der Waals surface area contributed by atoms with Crippen molar-refractivity contribution in [3.05, 3.63) is 47.3 Å². The molecule has 2 aromatic rings. The minimum Gasteiger partial charge on any atom is -0.492 e. The van der Waals surface area contributed by atoms with E-state index in [1.54, 1.807) is 6.07 Å². The van der Waals surface area contributed by atoms with Crippen molar-refractivity contribution in [1.82, 2.24) is 4.98 Å². The quantitative estimate of drug-likeness (QED) is 0.650. The summed E-state index contributed by atoms with van der Waals surface area (Å²) < 4.78 is 5.60. The summed E-state index contributed by atoms with van der Waals surface area (Å²) in [6.45, 7) is 4.81. The molecule has 0 fully saturated rings. The fourth-order valence-electron chi connectivity index (χ4n) is 2.07. The van der Waals surface area contributed by atoms with E-state index in [1.165, 1.54) is 0 Å². The third-order valence-electron chi connectivity index (χ3n) is 2.98. The van der Waals surface area contributed by atoms with E-state index in [0.29, 0.717) is 24.4 Å². The lowest BCUT2D eigenvalue weighted by Gasteiger charge is -2.12. The molecule has 5 nitrogen and oxygen atoms in total. The van der Waals surface area contributed by atoms with E-state index in [-0.39, 0.29) is 0 Å². The lowest BCUT2D eigenvalue weighted by atomic mass is 10.1. The van der Waals surface area contributed by atoms with Gasteiger partial charge in [-0.3, -0.25) is 4.98 Å². The van der Waals surface area contributed by atoms with Crippen LogP contribution in [0, 0.1) is 25.2 Å². The molecule has 1 heterocycles. The number of anilines is 2. The minimum absolute atomic E-state index is 0.481. The number of pyridine rings is 1. The molecule has 5 heteroatoms. The molecule has 0 spiro atoms. The summed E-state index contributed by atoms with van der Waals surface area (Å²) in [7, 11) is 0. The van der Waals surface area contributed by atoms with Crippen LogP contribution in [0.25, 0.3) is 0 Å². The van der Waals surface area contributed by atoms with Crippen LogP contribution in [-0.4, -0.2) is 18.1 Å². The summed E-state index contributed by atoms with van der Waals surface area (Å²) >= 11 is 0. The number of rotatable bonds is 5. The van der Waals surface area contributed by atoms with Crippen molar-refractivity contribution in [1.29, 1.82) is 5.26 Å². The molecular formula is C16H18N4O. The Kier molecular flexibility index (Phi) is 4.62. The van der Waals surface area contributed by atoms with Crippen LogP contribution in [0.3, 0.4) is 0 Å². The van der Waals surface area contributed by atoms with Crippen molar-refractivity contribution < 1.29 is 4.74 Å². The van der Waals surface area contributed by atoms with Gasteiger partial charge in [0.25, 0.3) is 0 Å². The number of nitriles is 1. The SMILES string of the molecule is Cc1cc(NCCOc2cccc(N)c2)c(C#N)c(C)n1. The molecule has 3 N–H and O–H groups in total. The first-order valence-corrected chi connectivity index (χ1v) is 6.70. The molecule has 0 bridgehead atoms. The molecule has 0 amide bonds. The second-order valence-electron chi connectivity index (χ2n) is 4.73. The molecule has 108 valence electrons. The zero-order valence-electron chi connectivity index (χ0n) is 12.2. The molecule has 0 radical (unpaired) electrons. The third-order valence-corrected chi connectivity index (χ3v) is 2.98. The van der Waals surface area contributed by atoms with Crippen molar-refractivity contribution >= 4 is 11.4 Å². The van der Waals surface area contributed by atoms with Gasteiger partial charge in [0.1, 0.15) is 18.4 Å². The van der Waals surface area contributed by atoms with Gasteiger partial charge >= 0.3 is 0 Å². The molecule has 2 rings (SSSR count). The highest BCUT2D eigenvalue weighted by atomic mass is 16.5. The number of benzene rings is 1. The molecule has 1 aromatic heterocycles. The summed E-state index contributed by atoms with van der Waals surface area (Å²) in [5.41, 5.74) is 9.34. The van der Waals surface area contributed by atoms with E-state index in [0.717, 1.165) is 22.8 Å². The highest BCUT2D eigenvalue weighted by Crippen LogP contribution is 2.18. The van der Waals surface area contributed by atoms with Gasteiger partial charge in [-0.05, 0) is 32.0 Å². The Balaban J connectivity index is 1.94. The first-order valence-electron chi connectivity index (χ1n) is 6.70. The number of nitrogens with one attached hydrogen (secondary N) is 1. The lowest BCUT2D eigenvalue weighted by molar-refractivity contribution is 0.333. The Labute approximate surface area is 124 Å². The largest absolute Gasteiger partial charge is 0.492 e. The average molecular weight is 282 g/mol. The number of nitrogen functional groups attached to an aromatic ring is 1. The third kappa shape index (κ3) is 3.86. The van der Waals surface area contributed by atoms with Crippen molar-refractivity contribution in [2.45, 2.75) is 13.8 Å². The standard InChI is InChI=1S/C16H18N4O/c1-11-8-16(15(10-17)12(2)20-11)19-6-7-21-14-5-3-4-13(18)9-14/h3-5,8-9H,6-7,18H2,1-2H3,(H,19,20). The van der Waals surface area contributed by atoms with E-state index in [2.05, 4.69) is 16.4 Å². The maximum absolute atomic E-state index is 9.18. The smallest absolute Gasteiger partial charge is 0.121 e. The molecule has 0 aliphatic heterocycles. The Morgan fingerprint density at radius 2 is 2.14 bits per heavy atom. The van der Waals surface area contributed by atoms with E-state index in [1.807, 2.05) is 38.1 Å². The summed E-state index contributed by atoms with van der Waals surface area (Å²) in [5.74, 6) is 0.736. The van der Waals surface area contributed by atoms with Crippen molar-refractivity contribution in [3.8, 4) is 11.8 Å². The van der Waals surface area contributed by atoms with Gasteiger partial charge in [0.2, 0.25) is 0 Å². The van der Waals surface area contributed by atoms with Crippen molar-refractivity contribution in [2.75, 3.05) is 24.2 Å². The Morgan fingerprint density at radius 3 is 2.86 bits per heavy atom. The van der Waals surface area contributed by atoms with Crippen molar-refractivity contribution in [2.24, 2.45) is 0 Å². The van der Waals surface area contributed by atoms with Gasteiger partial charge in [-0.25, -0.2) is 0 Å². The molecule has 0 saturated carbocycles. The highest BCUT2D eigenvalue weighted by Gasteiger charge is 2.07. The van der Waals surface area contributed by atoms with E-state index < -0.39 is 0 Å². The summed E-state index contributed by atoms with van der Waals surface area (Å²) in [5, 5.41) is 12.4. The molecule has 21 heavy (non-hydrogen) atoms. The van der Waals surface area contributed by atoms with Gasteiger partial charge in [-0.15, -0.1) is 0 Å². The zero-order chi connectivity index (χ0) is 15.2. The van der Waals surface area contributed by atoms with Gasteiger partial charge in [-0.2, -0.15) is 5.26 Å². The van der Waals surface area contributed by atoms with E-state index in [4.69, 9.17) is 10.5 Å². The van der Waals surface area contributed by atoms with Crippen molar-refractivity contribution in [3.63, 3.8) is 0 Å². The monoisotopic (exact) mass is 282 g/mol. The Bertz CT molecular complexity index is 676. The average Bonchev–Trinajstić information content (AvgIpc) is 2.43. The van der Waals surface area contributed by atoms with Gasteiger partial charge < -0.3 is 15.8 Å². The van der Waals surface area contributed by atoms with Crippen LogP contribution < -0.4 is 15.8 Å². The van der Waals surface area contributed by atoms with E-state index >= 15 is 0 Å². The number of aryl methyl sites for hydroxylation is 2. The first kappa shape index (κ1) is 14.7. The van der Waals surface area contributed by atoms with Gasteiger partial charge in [0, 0.05) is 24.0 Å². The Morgan fingerprint density at radius 1 is 1.33 bits per heavy atom. The summed E-state index contributed by atoms with van der Waals surface area (Å²) in [6.07, 6.45) is 0. The van der Waals surface area contributed by atoms with Crippen LogP contribution in [0.15, 0.2) is 30.3 Å². The van der Waals surface area contributed by atoms with E-state index in [9.17, 15) is 5.26 Å². The van der Waals surface area contributed by atoms with Crippen LogP contribution in [0.4, 0.5) is 11.4 Å². The summed E-state index contributed by atoms with van der Waals surface area (Å²) in [4.78, 5) is 4.28. The lowest BCUT2D eigenvalue weighted by Crippen LogP contribution is -2.13. The zero-order valence-corrected chi connectivity index (χ0v) is 12.2. The van der Waals surface area contributed by atoms with Crippen LogP contribution in [-0.2, 0) is 0 Å². The molecule has 0 atom stereocenters. The predicted octanol–water partition coefficient (Wildman–Crippen LogP) is 2.64. The molecule has 1 aromatic carbocycles. The molecule has 0 saturated heterocycles. The molecule has 0 aliphatic rings. The minimum atomic E-state index is 0.481. The Hall–Kier alpha value is -2.74. The molecule has 0 unspecified atom stereocenters. The fourth-order valence-corrected chi connectivity index (χ4v) is 2.07. The second kappa shape index (κ2) is 6.62. The molecular weight excluding hydrogens is 264 g/mol. The number of aromatic nitrogens is 1. The normalized spacial score (nSPS) is 9.95. The maximum atomic E-state index is 9.18. The topological polar surface area (TPSA) is 84.0 Å². The highest BCUT2D eigenvalue weighted by molar-refractivity contribution is 5.59. The van der Waals surface area contributed by atoms with Gasteiger partial charge in [0.05, 0.1) is 16.9 Å². The first-order chi connectivity index (χ1) is 10.1. The van der Waals surface area contributed by atoms with Gasteiger partial charge in [-0.1, -0.05) is 6.07 Å². The number of hydrogen-bond donors (Lipinski definition) is 2. The van der Waals surface area contributed by atoms with Crippen LogP contribution >= 0.6 is 0 Å². The predicted molar refractivity (Wildman–Crippen MR) is 83.3 cm³/mol. The number of nitrogens with zero attached hydrogens (tertiary/aromatic N) is 2. The van der Waals surface area contributed by atoms with Crippen LogP contribution in [0.5, 0.6) is 5.75 Å². The second-order valence-corrected chi connectivity index (χ2v) is 4.73.